The van der Waals surface area contributed by atoms with Gasteiger partial charge in [-0.05, 0) is 23.6 Å². The number of aromatic nitrogens is 2. The molecule has 0 atom stereocenters. The molecule has 5 heteroatoms. The molecular weight excluding hydrogens is 208 g/mol. The summed E-state index contributed by atoms with van der Waals surface area (Å²) in [5, 5.41) is 22.2. The zero-order valence-electron chi connectivity index (χ0n) is 8.21. The number of hydrogen-bond donors (Lipinski definition) is 2. The van der Waals surface area contributed by atoms with Crippen LogP contribution in [0.3, 0.4) is 0 Å². The van der Waals surface area contributed by atoms with Crippen LogP contribution in [0.25, 0.3) is 10.9 Å². The SMILES string of the molecule is C#Cc1nn(C(=O)O)c2ccc(CO)cc12. The lowest BCUT2D eigenvalue weighted by Gasteiger charge is -1.97. The molecule has 0 aliphatic rings. The first kappa shape index (κ1) is 10.2. The Morgan fingerprint density at radius 3 is 2.88 bits per heavy atom. The summed E-state index contributed by atoms with van der Waals surface area (Å²) in [4.78, 5) is 10.9. The normalized spacial score (nSPS) is 10.2. The highest BCUT2D eigenvalue weighted by molar-refractivity contribution is 5.91. The van der Waals surface area contributed by atoms with Crippen molar-refractivity contribution in [2.24, 2.45) is 0 Å². The first-order chi connectivity index (χ1) is 7.67. The standard InChI is InChI=1S/C11H8N2O3/c1-2-9-8-5-7(6-14)3-4-10(8)13(12-9)11(15)16/h1,3-5,14H,6H2,(H,15,16). The topological polar surface area (TPSA) is 75.4 Å². The average Bonchev–Trinajstić information content (AvgIpc) is 2.66. The number of hydrogen-bond acceptors (Lipinski definition) is 3. The molecule has 0 bridgehead atoms. The summed E-state index contributed by atoms with van der Waals surface area (Å²) >= 11 is 0. The van der Waals surface area contributed by atoms with E-state index in [2.05, 4.69) is 11.0 Å². The molecule has 16 heavy (non-hydrogen) atoms. The highest BCUT2D eigenvalue weighted by Crippen LogP contribution is 2.19. The molecule has 0 saturated heterocycles. The van der Waals surface area contributed by atoms with Gasteiger partial charge in [0.2, 0.25) is 0 Å². The van der Waals surface area contributed by atoms with Crippen molar-refractivity contribution in [3.8, 4) is 12.3 Å². The molecule has 0 unspecified atom stereocenters. The molecule has 1 heterocycles. The van der Waals surface area contributed by atoms with Gasteiger partial charge in [0.05, 0.1) is 12.1 Å². The monoisotopic (exact) mass is 216 g/mol. The molecule has 0 amide bonds. The van der Waals surface area contributed by atoms with E-state index >= 15 is 0 Å². The van der Waals surface area contributed by atoms with Crippen molar-refractivity contribution in [1.29, 1.82) is 0 Å². The fourth-order valence-corrected chi connectivity index (χ4v) is 1.52. The second-order valence-corrected chi connectivity index (χ2v) is 3.20. The van der Waals surface area contributed by atoms with E-state index in [0.29, 0.717) is 16.5 Å². The first-order valence-corrected chi connectivity index (χ1v) is 4.50. The number of benzene rings is 1. The maximum atomic E-state index is 10.9. The van der Waals surface area contributed by atoms with Crippen LogP contribution in [0.5, 0.6) is 0 Å². The van der Waals surface area contributed by atoms with E-state index in [1.54, 1.807) is 18.2 Å². The third kappa shape index (κ3) is 1.42. The van der Waals surface area contributed by atoms with Crippen LogP contribution in [-0.2, 0) is 6.61 Å². The van der Waals surface area contributed by atoms with Crippen LogP contribution in [-0.4, -0.2) is 26.1 Å². The van der Waals surface area contributed by atoms with Gasteiger partial charge < -0.3 is 10.2 Å². The fourth-order valence-electron chi connectivity index (χ4n) is 1.52. The van der Waals surface area contributed by atoms with E-state index in [-0.39, 0.29) is 12.3 Å². The summed E-state index contributed by atoms with van der Waals surface area (Å²) < 4.78 is 0.825. The third-order valence-electron chi connectivity index (χ3n) is 2.24. The predicted molar refractivity (Wildman–Crippen MR) is 57.0 cm³/mol. The number of terminal acetylenes is 1. The Balaban J connectivity index is 2.80. The van der Waals surface area contributed by atoms with Crippen molar-refractivity contribution < 1.29 is 15.0 Å². The Hall–Kier alpha value is -2.32. The van der Waals surface area contributed by atoms with Crippen LogP contribution in [0.4, 0.5) is 4.79 Å². The van der Waals surface area contributed by atoms with Gasteiger partial charge in [-0.15, -0.1) is 6.42 Å². The van der Waals surface area contributed by atoms with Gasteiger partial charge in [-0.1, -0.05) is 6.07 Å². The molecule has 80 valence electrons. The zero-order valence-corrected chi connectivity index (χ0v) is 8.21. The Kier molecular flexibility index (Phi) is 2.35. The van der Waals surface area contributed by atoms with Crippen LogP contribution in [0.1, 0.15) is 11.3 Å². The summed E-state index contributed by atoms with van der Waals surface area (Å²) in [6, 6.07) is 4.84. The van der Waals surface area contributed by atoms with Gasteiger partial charge in [0.1, 0.15) is 5.69 Å². The molecule has 0 radical (unpaired) electrons. The van der Waals surface area contributed by atoms with Gasteiger partial charge in [-0.3, -0.25) is 0 Å². The Morgan fingerprint density at radius 1 is 1.56 bits per heavy atom. The van der Waals surface area contributed by atoms with E-state index in [1.165, 1.54) is 0 Å². The third-order valence-corrected chi connectivity index (χ3v) is 2.24. The quantitative estimate of drug-likeness (QED) is 0.698. The van der Waals surface area contributed by atoms with Crippen LogP contribution >= 0.6 is 0 Å². The summed E-state index contributed by atoms with van der Waals surface area (Å²) in [5.41, 5.74) is 1.33. The molecule has 0 fully saturated rings. The van der Waals surface area contributed by atoms with Crippen molar-refractivity contribution in [2.45, 2.75) is 6.61 Å². The number of rotatable bonds is 1. The lowest BCUT2D eigenvalue weighted by Crippen LogP contribution is -2.09. The Labute approximate surface area is 90.9 Å². The van der Waals surface area contributed by atoms with Gasteiger partial charge in [0.25, 0.3) is 0 Å². The van der Waals surface area contributed by atoms with E-state index in [4.69, 9.17) is 16.6 Å². The largest absolute Gasteiger partial charge is 0.463 e. The number of carbonyl (C=O) groups is 1. The van der Waals surface area contributed by atoms with Crippen LogP contribution in [0.15, 0.2) is 18.2 Å². The lowest BCUT2D eigenvalue weighted by atomic mass is 10.1. The van der Waals surface area contributed by atoms with Crippen LogP contribution in [0.2, 0.25) is 0 Å². The van der Waals surface area contributed by atoms with Crippen LogP contribution in [0, 0.1) is 12.3 Å². The number of aliphatic hydroxyl groups is 1. The fraction of sp³-hybridized carbons (Fsp3) is 0.0909. The van der Waals surface area contributed by atoms with Crippen molar-refractivity contribution in [1.82, 2.24) is 9.78 Å². The van der Waals surface area contributed by atoms with Crippen molar-refractivity contribution in [2.75, 3.05) is 0 Å². The second kappa shape index (κ2) is 3.68. The number of fused-ring (bicyclic) bond motifs is 1. The summed E-state index contributed by atoms with van der Waals surface area (Å²) in [6.07, 6.45) is 4.05. The number of carboxylic acid groups (broad SMARTS) is 1. The highest BCUT2D eigenvalue weighted by atomic mass is 16.4. The molecule has 5 nitrogen and oxygen atoms in total. The van der Waals surface area contributed by atoms with Crippen molar-refractivity contribution in [3.63, 3.8) is 0 Å². The van der Waals surface area contributed by atoms with Gasteiger partial charge in [-0.25, -0.2) is 4.79 Å². The molecule has 0 saturated carbocycles. The Morgan fingerprint density at radius 2 is 2.31 bits per heavy atom. The lowest BCUT2D eigenvalue weighted by molar-refractivity contribution is 0.194. The van der Waals surface area contributed by atoms with Crippen LogP contribution < -0.4 is 0 Å². The molecule has 1 aromatic heterocycles. The van der Waals surface area contributed by atoms with Gasteiger partial charge in [0, 0.05) is 5.39 Å². The number of aliphatic hydroxyl groups excluding tert-OH is 1. The molecule has 1 aromatic carbocycles. The summed E-state index contributed by atoms with van der Waals surface area (Å²) in [7, 11) is 0. The Bertz CT molecular complexity index is 607. The second-order valence-electron chi connectivity index (χ2n) is 3.20. The van der Waals surface area contributed by atoms with Crippen molar-refractivity contribution in [3.05, 3.63) is 29.5 Å². The summed E-state index contributed by atoms with van der Waals surface area (Å²) in [5.74, 6) is 2.32. The molecule has 0 spiro atoms. The molecule has 2 aromatic rings. The maximum Gasteiger partial charge on any atom is 0.432 e. The van der Waals surface area contributed by atoms with Gasteiger partial charge >= 0.3 is 6.09 Å². The van der Waals surface area contributed by atoms with Gasteiger partial charge in [-0.2, -0.15) is 9.78 Å². The van der Waals surface area contributed by atoms with E-state index in [1.807, 2.05) is 0 Å². The summed E-state index contributed by atoms with van der Waals surface area (Å²) in [6.45, 7) is -0.127. The average molecular weight is 216 g/mol. The highest BCUT2D eigenvalue weighted by Gasteiger charge is 2.13. The minimum absolute atomic E-state index is 0.127. The zero-order chi connectivity index (χ0) is 11.7. The smallest absolute Gasteiger partial charge is 0.432 e. The minimum atomic E-state index is -1.19. The number of nitrogens with zero attached hydrogens (tertiary/aromatic N) is 2. The molecule has 0 aliphatic carbocycles. The van der Waals surface area contributed by atoms with Crippen molar-refractivity contribution >= 4 is 17.0 Å². The molecule has 2 rings (SSSR count). The predicted octanol–water partition coefficient (Wildman–Crippen LogP) is 1.04. The molecule has 2 N–H and O–H groups in total. The van der Waals surface area contributed by atoms with E-state index in [9.17, 15) is 4.79 Å². The first-order valence-electron chi connectivity index (χ1n) is 4.50. The molecular formula is C11H8N2O3. The van der Waals surface area contributed by atoms with E-state index in [0.717, 1.165) is 4.68 Å². The van der Waals surface area contributed by atoms with Gasteiger partial charge in [0.15, 0.2) is 0 Å². The molecule has 0 aliphatic heterocycles. The maximum absolute atomic E-state index is 10.9. The van der Waals surface area contributed by atoms with E-state index < -0.39 is 6.09 Å². The minimum Gasteiger partial charge on any atom is -0.463 e.